The number of aliphatic hydroxyl groups is 1. The summed E-state index contributed by atoms with van der Waals surface area (Å²) >= 11 is 0. The summed E-state index contributed by atoms with van der Waals surface area (Å²) in [5, 5.41) is 9.41. The monoisotopic (exact) mass is 238 g/mol. The van der Waals surface area contributed by atoms with Crippen molar-refractivity contribution in [3.8, 4) is 11.5 Å². The normalized spacial score (nSPS) is 13.9. The molecule has 0 aromatic heterocycles. The standard InChI is InChI=1S/C13H18O4/c1-4-16-12-7-5-6-11(8-14)13(12)17-10(3)9(2)15/h5-10,15H,4H2,1-3H3. The molecule has 94 valence electrons. The van der Waals surface area contributed by atoms with Gasteiger partial charge in [0.25, 0.3) is 0 Å². The highest BCUT2D eigenvalue weighted by molar-refractivity contribution is 5.81. The largest absolute Gasteiger partial charge is 0.490 e. The molecule has 1 aromatic carbocycles. The highest BCUT2D eigenvalue weighted by Gasteiger charge is 2.16. The van der Waals surface area contributed by atoms with Gasteiger partial charge in [0.2, 0.25) is 0 Å². The van der Waals surface area contributed by atoms with Gasteiger partial charge in [-0.3, -0.25) is 4.79 Å². The first-order valence-corrected chi connectivity index (χ1v) is 5.65. The van der Waals surface area contributed by atoms with Crippen LogP contribution in [0.2, 0.25) is 0 Å². The molecule has 2 atom stereocenters. The smallest absolute Gasteiger partial charge is 0.172 e. The van der Waals surface area contributed by atoms with Gasteiger partial charge in [-0.05, 0) is 32.9 Å². The molecule has 0 aliphatic rings. The molecule has 2 unspecified atom stereocenters. The second-order valence-electron chi connectivity index (χ2n) is 3.79. The molecule has 0 saturated heterocycles. The summed E-state index contributed by atoms with van der Waals surface area (Å²) < 4.78 is 11.0. The topological polar surface area (TPSA) is 55.8 Å². The fourth-order valence-electron chi connectivity index (χ4n) is 1.31. The van der Waals surface area contributed by atoms with Gasteiger partial charge in [0.05, 0.1) is 18.3 Å². The van der Waals surface area contributed by atoms with E-state index in [1.54, 1.807) is 32.0 Å². The number of rotatable bonds is 6. The van der Waals surface area contributed by atoms with Crippen LogP contribution in [0.4, 0.5) is 0 Å². The quantitative estimate of drug-likeness (QED) is 0.770. The Labute approximate surface area is 101 Å². The SMILES string of the molecule is CCOc1cccc(C=O)c1OC(C)C(C)O. The number of carbonyl (C=O) groups is 1. The maximum absolute atomic E-state index is 10.9. The molecule has 0 bridgehead atoms. The first-order chi connectivity index (χ1) is 8.10. The zero-order valence-electron chi connectivity index (χ0n) is 10.3. The molecule has 4 nitrogen and oxygen atoms in total. The highest BCUT2D eigenvalue weighted by atomic mass is 16.5. The van der Waals surface area contributed by atoms with Gasteiger partial charge in [-0.25, -0.2) is 0 Å². The van der Waals surface area contributed by atoms with Crippen LogP contribution >= 0.6 is 0 Å². The molecule has 1 N–H and O–H groups in total. The Balaban J connectivity index is 3.04. The number of hydrogen-bond donors (Lipinski definition) is 1. The van der Waals surface area contributed by atoms with Crippen LogP contribution in [-0.4, -0.2) is 30.2 Å². The first kappa shape index (κ1) is 13.5. The van der Waals surface area contributed by atoms with Gasteiger partial charge in [0.15, 0.2) is 17.8 Å². The second kappa shape index (κ2) is 6.25. The zero-order chi connectivity index (χ0) is 12.8. The van der Waals surface area contributed by atoms with Crippen LogP contribution in [0.15, 0.2) is 18.2 Å². The lowest BCUT2D eigenvalue weighted by atomic mass is 10.2. The summed E-state index contributed by atoms with van der Waals surface area (Å²) in [5.41, 5.74) is 0.420. The lowest BCUT2D eigenvalue weighted by Crippen LogP contribution is -2.26. The predicted molar refractivity (Wildman–Crippen MR) is 64.8 cm³/mol. The molecule has 17 heavy (non-hydrogen) atoms. The highest BCUT2D eigenvalue weighted by Crippen LogP contribution is 2.31. The first-order valence-electron chi connectivity index (χ1n) is 5.65. The van der Waals surface area contributed by atoms with Gasteiger partial charge in [-0.2, -0.15) is 0 Å². The molecule has 4 heteroatoms. The Morgan fingerprint density at radius 1 is 1.41 bits per heavy atom. The van der Waals surface area contributed by atoms with E-state index in [0.717, 1.165) is 0 Å². The second-order valence-corrected chi connectivity index (χ2v) is 3.79. The van der Waals surface area contributed by atoms with E-state index in [1.807, 2.05) is 6.92 Å². The van der Waals surface area contributed by atoms with E-state index >= 15 is 0 Å². The Bertz CT molecular complexity index is 374. The molecule has 0 fully saturated rings. The van der Waals surface area contributed by atoms with Crippen molar-refractivity contribution in [3.05, 3.63) is 23.8 Å². The Hall–Kier alpha value is -1.55. The number of aldehydes is 1. The van der Waals surface area contributed by atoms with Crippen LogP contribution in [0, 0.1) is 0 Å². The van der Waals surface area contributed by atoms with Crippen molar-refractivity contribution in [3.63, 3.8) is 0 Å². The van der Waals surface area contributed by atoms with Crippen LogP contribution in [0.1, 0.15) is 31.1 Å². The molecule has 0 aliphatic heterocycles. The van der Waals surface area contributed by atoms with Crippen molar-refractivity contribution in [2.75, 3.05) is 6.61 Å². The third-order valence-corrected chi connectivity index (χ3v) is 2.42. The van der Waals surface area contributed by atoms with Gasteiger partial charge in [-0.15, -0.1) is 0 Å². The van der Waals surface area contributed by atoms with E-state index in [9.17, 15) is 9.90 Å². The van der Waals surface area contributed by atoms with Gasteiger partial charge < -0.3 is 14.6 Å². The van der Waals surface area contributed by atoms with Crippen molar-refractivity contribution in [1.29, 1.82) is 0 Å². The average Bonchev–Trinajstić information content (AvgIpc) is 2.31. The van der Waals surface area contributed by atoms with Crippen LogP contribution < -0.4 is 9.47 Å². The van der Waals surface area contributed by atoms with Gasteiger partial charge in [-0.1, -0.05) is 6.07 Å². The molecular weight excluding hydrogens is 220 g/mol. The molecule has 0 aliphatic carbocycles. The molecule has 0 heterocycles. The summed E-state index contributed by atoms with van der Waals surface area (Å²) in [5.74, 6) is 0.905. The van der Waals surface area contributed by atoms with Crippen molar-refractivity contribution in [2.24, 2.45) is 0 Å². The van der Waals surface area contributed by atoms with Crippen LogP contribution in [-0.2, 0) is 0 Å². The van der Waals surface area contributed by atoms with Crippen LogP contribution in [0.5, 0.6) is 11.5 Å². The molecule has 1 rings (SSSR count). The van der Waals surface area contributed by atoms with E-state index in [0.29, 0.717) is 30.0 Å². The minimum atomic E-state index is -0.621. The number of benzene rings is 1. The number of aliphatic hydroxyl groups excluding tert-OH is 1. The van der Waals surface area contributed by atoms with Gasteiger partial charge in [0, 0.05) is 0 Å². The van der Waals surface area contributed by atoms with E-state index < -0.39 is 12.2 Å². The maximum Gasteiger partial charge on any atom is 0.172 e. The molecule has 1 aromatic rings. The molecule has 0 radical (unpaired) electrons. The molecule has 0 spiro atoms. The average molecular weight is 238 g/mol. The fourth-order valence-corrected chi connectivity index (χ4v) is 1.31. The zero-order valence-corrected chi connectivity index (χ0v) is 10.3. The fraction of sp³-hybridized carbons (Fsp3) is 0.462. The number of para-hydroxylation sites is 1. The third-order valence-electron chi connectivity index (χ3n) is 2.42. The Kier molecular flexibility index (Phi) is 4.97. The minimum absolute atomic E-state index is 0.387. The molecule has 0 amide bonds. The van der Waals surface area contributed by atoms with Crippen molar-refractivity contribution >= 4 is 6.29 Å². The summed E-state index contributed by atoms with van der Waals surface area (Å²) in [6.45, 7) is 5.72. The third kappa shape index (κ3) is 3.46. The Morgan fingerprint density at radius 2 is 2.12 bits per heavy atom. The Morgan fingerprint density at radius 3 is 2.65 bits per heavy atom. The lowest BCUT2D eigenvalue weighted by molar-refractivity contribution is 0.0575. The summed E-state index contributed by atoms with van der Waals surface area (Å²) in [7, 11) is 0. The van der Waals surface area contributed by atoms with Gasteiger partial charge >= 0.3 is 0 Å². The lowest BCUT2D eigenvalue weighted by Gasteiger charge is -2.20. The predicted octanol–water partition coefficient (Wildman–Crippen LogP) is 2.05. The van der Waals surface area contributed by atoms with Crippen molar-refractivity contribution in [2.45, 2.75) is 33.0 Å². The molecule has 0 saturated carbocycles. The van der Waals surface area contributed by atoms with Crippen molar-refractivity contribution < 1.29 is 19.4 Å². The molecular formula is C13H18O4. The van der Waals surface area contributed by atoms with E-state index in [4.69, 9.17) is 9.47 Å². The number of carbonyl (C=O) groups excluding carboxylic acids is 1. The van der Waals surface area contributed by atoms with E-state index in [-0.39, 0.29) is 0 Å². The van der Waals surface area contributed by atoms with E-state index in [1.165, 1.54) is 0 Å². The summed E-state index contributed by atoms with van der Waals surface area (Å²) in [6, 6.07) is 5.12. The van der Waals surface area contributed by atoms with Crippen molar-refractivity contribution in [1.82, 2.24) is 0 Å². The summed E-state index contributed by atoms with van der Waals surface area (Å²) in [6.07, 6.45) is -0.313. The number of hydrogen-bond acceptors (Lipinski definition) is 4. The van der Waals surface area contributed by atoms with E-state index in [2.05, 4.69) is 0 Å². The van der Waals surface area contributed by atoms with Crippen LogP contribution in [0.3, 0.4) is 0 Å². The summed E-state index contributed by atoms with van der Waals surface area (Å²) in [4.78, 5) is 10.9. The van der Waals surface area contributed by atoms with Crippen LogP contribution in [0.25, 0.3) is 0 Å². The minimum Gasteiger partial charge on any atom is -0.490 e. The van der Waals surface area contributed by atoms with Gasteiger partial charge in [0.1, 0.15) is 6.10 Å². The maximum atomic E-state index is 10.9. The number of ether oxygens (including phenoxy) is 2.